The summed E-state index contributed by atoms with van der Waals surface area (Å²) < 4.78 is 0. The minimum atomic E-state index is 0.0543. The number of hydrogen-bond acceptors (Lipinski definition) is 2. The second-order valence-corrected chi connectivity index (χ2v) is 6.16. The SMILES string of the molecule is Cc1ccc(CSCC(=O)N[C@@H](C)c2ccccc2)cc1. The Morgan fingerprint density at radius 1 is 1.10 bits per heavy atom. The maximum absolute atomic E-state index is 11.9. The molecule has 0 fully saturated rings. The highest BCUT2D eigenvalue weighted by atomic mass is 32.2. The molecule has 2 aromatic carbocycles. The summed E-state index contributed by atoms with van der Waals surface area (Å²) in [4.78, 5) is 11.9. The lowest BCUT2D eigenvalue weighted by Crippen LogP contribution is -2.28. The Labute approximate surface area is 131 Å². The van der Waals surface area contributed by atoms with E-state index in [1.165, 1.54) is 11.1 Å². The van der Waals surface area contributed by atoms with Gasteiger partial charge in [0.2, 0.25) is 5.91 Å². The molecule has 0 bridgehead atoms. The average Bonchev–Trinajstić information content (AvgIpc) is 2.50. The van der Waals surface area contributed by atoms with Crippen LogP contribution in [0.2, 0.25) is 0 Å². The van der Waals surface area contributed by atoms with Crippen molar-refractivity contribution in [3.8, 4) is 0 Å². The third-order valence-corrected chi connectivity index (χ3v) is 4.30. The van der Waals surface area contributed by atoms with E-state index in [0.717, 1.165) is 11.3 Å². The lowest BCUT2D eigenvalue weighted by molar-refractivity contribution is -0.119. The van der Waals surface area contributed by atoms with Gasteiger partial charge in [-0.15, -0.1) is 11.8 Å². The van der Waals surface area contributed by atoms with Crippen LogP contribution in [-0.2, 0) is 10.5 Å². The number of thioether (sulfide) groups is 1. The minimum Gasteiger partial charge on any atom is -0.349 e. The van der Waals surface area contributed by atoms with Crippen molar-refractivity contribution in [1.82, 2.24) is 5.32 Å². The molecule has 2 aromatic rings. The van der Waals surface area contributed by atoms with E-state index >= 15 is 0 Å². The van der Waals surface area contributed by atoms with Gasteiger partial charge in [0.05, 0.1) is 11.8 Å². The molecule has 0 radical (unpaired) electrons. The van der Waals surface area contributed by atoms with Crippen molar-refractivity contribution < 1.29 is 4.79 Å². The molecule has 0 spiro atoms. The molecule has 2 rings (SSSR count). The highest BCUT2D eigenvalue weighted by Crippen LogP contribution is 2.14. The fraction of sp³-hybridized carbons (Fsp3) is 0.278. The molecule has 0 aliphatic heterocycles. The molecule has 1 amide bonds. The molecular formula is C18H21NOS. The van der Waals surface area contributed by atoms with E-state index in [-0.39, 0.29) is 11.9 Å². The quantitative estimate of drug-likeness (QED) is 0.870. The Balaban J connectivity index is 1.73. The van der Waals surface area contributed by atoms with Crippen LogP contribution >= 0.6 is 11.8 Å². The van der Waals surface area contributed by atoms with E-state index in [1.54, 1.807) is 11.8 Å². The van der Waals surface area contributed by atoms with Crippen LogP contribution in [0.1, 0.15) is 29.7 Å². The fourth-order valence-corrected chi connectivity index (χ4v) is 2.85. The van der Waals surface area contributed by atoms with Gasteiger partial charge >= 0.3 is 0 Å². The minimum absolute atomic E-state index is 0.0543. The van der Waals surface area contributed by atoms with Crippen LogP contribution < -0.4 is 5.32 Å². The molecule has 0 aliphatic carbocycles. The van der Waals surface area contributed by atoms with E-state index in [1.807, 2.05) is 37.3 Å². The summed E-state index contributed by atoms with van der Waals surface area (Å²) in [7, 11) is 0. The van der Waals surface area contributed by atoms with Crippen molar-refractivity contribution in [3.63, 3.8) is 0 Å². The summed E-state index contributed by atoms with van der Waals surface area (Å²) in [5, 5.41) is 3.03. The van der Waals surface area contributed by atoms with Gasteiger partial charge in [0.15, 0.2) is 0 Å². The van der Waals surface area contributed by atoms with Gasteiger partial charge < -0.3 is 5.32 Å². The molecule has 0 saturated carbocycles. The summed E-state index contributed by atoms with van der Waals surface area (Å²) in [6.07, 6.45) is 0. The number of carbonyl (C=O) groups is 1. The summed E-state index contributed by atoms with van der Waals surface area (Å²) in [5.41, 5.74) is 3.65. The van der Waals surface area contributed by atoms with E-state index in [9.17, 15) is 4.79 Å². The van der Waals surface area contributed by atoms with Crippen molar-refractivity contribution in [2.45, 2.75) is 25.6 Å². The Morgan fingerprint density at radius 3 is 2.43 bits per heavy atom. The third-order valence-electron chi connectivity index (χ3n) is 3.30. The van der Waals surface area contributed by atoms with Gasteiger partial charge in [-0.25, -0.2) is 0 Å². The normalized spacial score (nSPS) is 11.9. The Bertz CT molecular complexity index is 566. The summed E-state index contributed by atoms with van der Waals surface area (Å²) in [6.45, 7) is 4.09. The van der Waals surface area contributed by atoms with Gasteiger partial charge in [-0.3, -0.25) is 4.79 Å². The highest BCUT2D eigenvalue weighted by Gasteiger charge is 2.08. The molecule has 0 saturated heterocycles. The first-order valence-corrected chi connectivity index (χ1v) is 8.28. The lowest BCUT2D eigenvalue weighted by Gasteiger charge is -2.14. The van der Waals surface area contributed by atoms with Gasteiger partial charge in [-0.1, -0.05) is 60.2 Å². The lowest BCUT2D eigenvalue weighted by atomic mass is 10.1. The molecule has 1 atom stereocenters. The van der Waals surface area contributed by atoms with Crippen molar-refractivity contribution >= 4 is 17.7 Å². The molecule has 1 N–H and O–H groups in total. The molecule has 3 heteroatoms. The molecule has 0 aromatic heterocycles. The van der Waals surface area contributed by atoms with Crippen LogP contribution in [0.15, 0.2) is 54.6 Å². The van der Waals surface area contributed by atoms with Crippen LogP contribution in [0.25, 0.3) is 0 Å². The molecule has 0 aliphatic rings. The first-order valence-electron chi connectivity index (χ1n) is 7.13. The number of aryl methyl sites for hydroxylation is 1. The molecule has 0 unspecified atom stereocenters. The van der Waals surface area contributed by atoms with Gasteiger partial charge in [-0.2, -0.15) is 0 Å². The third kappa shape index (κ3) is 5.27. The standard InChI is InChI=1S/C18H21NOS/c1-14-8-10-16(11-9-14)12-21-13-18(20)19-15(2)17-6-4-3-5-7-17/h3-11,15H,12-13H2,1-2H3,(H,19,20)/t15-/m0/s1. The predicted molar refractivity (Wildman–Crippen MR) is 90.3 cm³/mol. The zero-order valence-electron chi connectivity index (χ0n) is 12.5. The van der Waals surface area contributed by atoms with Gasteiger partial charge in [-0.05, 0) is 25.0 Å². The number of hydrogen-bond donors (Lipinski definition) is 1. The predicted octanol–water partition coefficient (Wildman–Crippen LogP) is 4.11. The topological polar surface area (TPSA) is 29.1 Å². The van der Waals surface area contributed by atoms with Gasteiger partial charge in [0.1, 0.15) is 0 Å². The van der Waals surface area contributed by atoms with Crippen LogP contribution in [0.5, 0.6) is 0 Å². The summed E-state index contributed by atoms with van der Waals surface area (Å²) >= 11 is 1.65. The van der Waals surface area contributed by atoms with E-state index < -0.39 is 0 Å². The molecule has 0 heterocycles. The molecule has 2 nitrogen and oxygen atoms in total. The summed E-state index contributed by atoms with van der Waals surface area (Å²) in [5.74, 6) is 1.45. The van der Waals surface area contributed by atoms with E-state index in [0.29, 0.717) is 5.75 Å². The first kappa shape index (κ1) is 15.6. The second-order valence-electron chi connectivity index (χ2n) is 5.18. The van der Waals surface area contributed by atoms with Crippen molar-refractivity contribution in [3.05, 3.63) is 71.3 Å². The van der Waals surface area contributed by atoms with Gasteiger partial charge in [0.25, 0.3) is 0 Å². The molecule has 110 valence electrons. The van der Waals surface area contributed by atoms with Crippen LogP contribution in [0.4, 0.5) is 0 Å². The molecule has 21 heavy (non-hydrogen) atoms. The highest BCUT2D eigenvalue weighted by molar-refractivity contribution is 7.99. The maximum atomic E-state index is 11.9. The number of benzene rings is 2. The maximum Gasteiger partial charge on any atom is 0.230 e. The molecular weight excluding hydrogens is 278 g/mol. The van der Waals surface area contributed by atoms with Crippen molar-refractivity contribution in [2.24, 2.45) is 0 Å². The van der Waals surface area contributed by atoms with Crippen molar-refractivity contribution in [1.29, 1.82) is 0 Å². The van der Waals surface area contributed by atoms with E-state index in [2.05, 4.69) is 36.5 Å². The largest absolute Gasteiger partial charge is 0.349 e. The Kier molecular flexibility index (Phi) is 5.88. The first-order chi connectivity index (χ1) is 10.1. The zero-order chi connectivity index (χ0) is 15.1. The summed E-state index contributed by atoms with van der Waals surface area (Å²) in [6, 6.07) is 18.5. The smallest absolute Gasteiger partial charge is 0.230 e. The van der Waals surface area contributed by atoms with Crippen LogP contribution in [0, 0.1) is 6.92 Å². The fourth-order valence-electron chi connectivity index (χ4n) is 2.05. The van der Waals surface area contributed by atoms with Crippen LogP contribution in [-0.4, -0.2) is 11.7 Å². The number of nitrogens with one attached hydrogen (secondary N) is 1. The second kappa shape index (κ2) is 7.89. The number of amides is 1. The number of carbonyl (C=O) groups excluding carboxylic acids is 1. The average molecular weight is 299 g/mol. The van der Waals surface area contributed by atoms with Gasteiger partial charge in [0, 0.05) is 5.75 Å². The van der Waals surface area contributed by atoms with E-state index in [4.69, 9.17) is 0 Å². The zero-order valence-corrected chi connectivity index (χ0v) is 13.3. The van der Waals surface area contributed by atoms with Crippen molar-refractivity contribution in [2.75, 3.05) is 5.75 Å². The monoisotopic (exact) mass is 299 g/mol. The van der Waals surface area contributed by atoms with Crippen LogP contribution in [0.3, 0.4) is 0 Å². The number of rotatable bonds is 6. The Hall–Kier alpha value is -1.74. The Morgan fingerprint density at radius 2 is 1.76 bits per heavy atom.